The molecule has 3 heteroatoms. The molecular formula is C14H22N2S. The van der Waals surface area contributed by atoms with Crippen LogP contribution in [0.3, 0.4) is 0 Å². The third-order valence-corrected chi connectivity index (χ3v) is 5.22. The Morgan fingerprint density at radius 1 is 1.35 bits per heavy atom. The Morgan fingerprint density at radius 3 is 2.65 bits per heavy atom. The fraction of sp³-hybridized carbons (Fsp3) is 0.571. The van der Waals surface area contributed by atoms with Crippen LogP contribution in [0.2, 0.25) is 0 Å². The van der Waals surface area contributed by atoms with Crippen LogP contribution in [0, 0.1) is 6.92 Å². The summed E-state index contributed by atoms with van der Waals surface area (Å²) in [5.74, 6) is 0. The molecule has 0 aliphatic heterocycles. The third kappa shape index (κ3) is 2.89. The molecule has 1 aromatic carbocycles. The van der Waals surface area contributed by atoms with Gasteiger partial charge in [0.2, 0.25) is 0 Å². The Hall–Kier alpha value is -0.830. The molecule has 1 aromatic rings. The number of hydrogen-bond donors (Lipinski definition) is 2. The normalized spacial score (nSPS) is 18.2. The first-order valence-corrected chi connectivity index (χ1v) is 7.53. The maximum atomic E-state index is 5.77. The lowest BCUT2D eigenvalue weighted by Crippen LogP contribution is -2.30. The number of anilines is 2. The van der Waals surface area contributed by atoms with E-state index in [2.05, 4.69) is 24.6 Å². The van der Waals surface area contributed by atoms with Gasteiger partial charge >= 0.3 is 0 Å². The highest BCUT2D eigenvalue weighted by atomic mass is 32.2. The highest BCUT2D eigenvalue weighted by molar-refractivity contribution is 8.00. The first kappa shape index (κ1) is 12.6. The molecule has 0 saturated heterocycles. The molecule has 3 N–H and O–H groups in total. The molecule has 0 atom stereocenters. The SMILES string of the molecule is CSC1(CNc2ccc(N)cc2C)CCCC1. The maximum Gasteiger partial charge on any atom is 0.0371 e. The number of aryl methyl sites for hydroxylation is 1. The first-order valence-electron chi connectivity index (χ1n) is 6.30. The van der Waals surface area contributed by atoms with Crippen LogP contribution in [0.15, 0.2) is 18.2 Å². The van der Waals surface area contributed by atoms with Gasteiger partial charge in [-0.05, 0) is 49.8 Å². The summed E-state index contributed by atoms with van der Waals surface area (Å²) >= 11 is 2.02. The number of hydrogen-bond acceptors (Lipinski definition) is 3. The largest absolute Gasteiger partial charge is 0.399 e. The minimum absolute atomic E-state index is 0.452. The lowest BCUT2D eigenvalue weighted by Gasteiger charge is -2.28. The van der Waals surface area contributed by atoms with Crippen LogP contribution >= 0.6 is 11.8 Å². The molecule has 17 heavy (non-hydrogen) atoms. The van der Waals surface area contributed by atoms with Crippen LogP contribution in [0.25, 0.3) is 0 Å². The van der Waals surface area contributed by atoms with Crippen molar-refractivity contribution in [3.05, 3.63) is 23.8 Å². The zero-order valence-corrected chi connectivity index (χ0v) is 11.6. The Balaban J connectivity index is 2.01. The molecule has 2 rings (SSSR count). The van der Waals surface area contributed by atoms with Gasteiger partial charge in [-0.1, -0.05) is 12.8 Å². The van der Waals surface area contributed by atoms with Gasteiger partial charge in [0.05, 0.1) is 0 Å². The van der Waals surface area contributed by atoms with Gasteiger partial charge < -0.3 is 11.1 Å². The molecule has 1 aliphatic rings. The van der Waals surface area contributed by atoms with E-state index in [4.69, 9.17) is 5.73 Å². The molecule has 0 heterocycles. The quantitative estimate of drug-likeness (QED) is 0.801. The standard InChI is InChI=1S/C14H22N2S/c1-11-9-12(15)5-6-13(11)16-10-14(17-2)7-3-4-8-14/h5-6,9,16H,3-4,7-8,10,15H2,1-2H3. The van der Waals surface area contributed by atoms with Crippen molar-refractivity contribution in [2.45, 2.75) is 37.4 Å². The molecule has 0 spiro atoms. The number of benzene rings is 1. The van der Waals surface area contributed by atoms with Crippen molar-refractivity contribution in [3.8, 4) is 0 Å². The number of nitrogens with one attached hydrogen (secondary N) is 1. The Morgan fingerprint density at radius 2 is 2.06 bits per heavy atom. The highest BCUT2D eigenvalue weighted by Gasteiger charge is 2.32. The van der Waals surface area contributed by atoms with Crippen molar-refractivity contribution >= 4 is 23.1 Å². The van der Waals surface area contributed by atoms with Gasteiger partial charge in [0, 0.05) is 22.7 Å². The summed E-state index contributed by atoms with van der Waals surface area (Å²) in [6.07, 6.45) is 7.68. The molecule has 1 saturated carbocycles. The van der Waals surface area contributed by atoms with Gasteiger partial charge in [-0.2, -0.15) is 11.8 Å². The molecule has 1 fully saturated rings. The summed E-state index contributed by atoms with van der Waals surface area (Å²) in [6, 6.07) is 6.09. The van der Waals surface area contributed by atoms with E-state index in [1.807, 2.05) is 23.9 Å². The second-order valence-corrected chi connectivity index (χ2v) is 6.30. The molecular weight excluding hydrogens is 228 g/mol. The average molecular weight is 250 g/mol. The van der Waals surface area contributed by atoms with Gasteiger partial charge in [0.15, 0.2) is 0 Å². The van der Waals surface area contributed by atoms with E-state index in [0.29, 0.717) is 4.75 Å². The van der Waals surface area contributed by atoms with Gasteiger partial charge in [-0.15, -0.1) is 0 Å². The van der Waals surface area contributed by atoms with Crippen molar-refractivity contribution in [2.75, 3.05) is 23.9 Å². The first-order chi connectivity index (χ1) is 8.15. The van der Waals surface area contributed by atoms with Crippen LogP contribution in [0.5, 0.6) is 0 Å². The lowest BCUT2D eigenvalue weighted by molar-refractivity contribution is 0.639. The van der Waals surface area contributed by atoms with Crippen molar-refractivity contribution in [2.24, 2.45) is 0 Å². The molecule has 0 unspecified atom stereocenters. The van der Waals surface area contributed by atoms with E-state index >= 15 is 0 Å². The van der Waals surface area contributed by atoms with E-state index in [0.717, 1.165) is 12.2 Å². The molecule has 0 radical (unpaired) electrons. The fourth-order valence-electron chi connectivity index (χ4n) is 2.61. The van der Waals surface area contributed by atoms with Gasteiger partial charge in [-0.25, -0.2) is 0 Å². The van der Waals surface area contributed by atoms with Crippen molar-refractivity contribution in [1.82, 2.24) is 0 Å². The molecule has 2 nitrogen and oxygen atoms in total. The van der Waals surface area contributed by atoms with E-state index in [9.17, 15) is 0 Å². The zero-order valence-electron chi connectivity index (χ0n) is 10.8. The summed E-state index contributed by atoms with van der Waals surface area (Å²) in [5.41, 5.74) is 9.06. The summed E-state index contributed by atoms with van der Waals surface area (Å²) in [5, 5.41) is 3.60. The third-order valence-electron chi connectivity index (χ3n) is 3.80. The zero-order chi connectivity index (χ0) is 12.3. The minimum Gasteiger partial charge on any atom is -0.399 e. The van der Waals surface area contributed by atoms with Crippen molar-refractivity contribution < 1.29 is 0 Å². The minimum atomic E-state index is 0.452. The predicted molar refractivity (Wildman–Crippen MR) is 78.8 cm³/mol. The van der Waals surface area contributed by atoms with Gasteiger partial charge in [0.1, 0.15) is 0 Å². The molecule has 94 valence electrons. The predicted octanol–water partition coefficient (Wildman–Crippen LogP) is 3.66. The lowest BCUT2D eigenvalue weighted by atomic mass is 10.1. The van der Waals surface area contributed by atoms with Gasteiger partial charge in [-0.3, -0.25) is 0 Å². The van der Waals surface area contributed by atoms with E-state index in [1.54, 1.807) is 0 Å². The summed E-state index contributed by atoms with van der Waals surface area (Å²) in [7, 11) is 0. The topological polar surface area (TPSA) is 38.0 Å². The molecule has 0 amide bonds. The van der Waals surface area contributed by atoms with E-state index < -0.39 is 0 Å². The number of nitrogens with two attached hydrogens (primary N) is 1. The maximum absolute atomic E-state index is 5.77. The Bertz CT molecular complexity index is 384. The van der Waals surface area contributed by atoms with E-state index in [1.165, 1.54) is 36.9 Å². The second-order valence-electron chi connectivity index (χ2n) is 5.02. The molecule has 0 bridgehead atoms. The highest BCUT2D eigenvalue weighted by Crippen LogP contribution is 2.40. The summed E-state index contributed by atoms with van der Waals surface area (Å²) in [4.78, 5) is 0. The van der Waals surface area contributed by atoms with Crippen LogP contribution in [0.1, 0.15) is 31.2 Å². The average Bonchev–Trinajstić information content (AvgIpc) is 2.77. The van der Waals surface area contributed by atoms with Gasteiger partial charge in [0.25, 0.3) is 0 Å². The molecule has 0 aromatic heterocycles. The van der Waals surface area contributed by atoms with Crippen LogP contribution in [0.4, 0.5) is 11.4 Å². The fourth-order valence-corrected chi connectivity index (χ4v) is 3.53. The number of rotatable bonds is 4. The monoisotopic (exact) mass is 250 g/mol. The Kier molecular flexibility index (Phi) is 3.87. The van der Waals surface area contributed by atoms with E-state index in [-0.39, 0.29) is 0 Å². The second kappa shape index (κ2) is 5.21. The van der Waals surface area contributed by atoms with Crippen molar-refractivity contribution in [3.63, 3.8) is 0 Å². The smallest absolute Gasteiger partial charge is 0.0371 e. The number of thioether (sulfide) groups is 1. The molecule has 1 aliphatic carbocycles. The summed E-state index contributed by atoms with van der Waals surface area (Å²) in [6.45, 7) is 3.18. The van der Waals surface area contributed by atoms with Crippen LogP contribution < -0.4 is 11.1 Å². The Labute approximate surface area is 108 Å². The summed E-state index contributed by atoms with van der Waals surface area (Å²) < 4.78 is 0.452. The number of nitrogen functional groups attached to an aromatic ring is 1. The van der Waals surface area contributed by atoms with Crippen LogP contribution in [-0.4, -0.2) is 17.5 Å². The van der Waals surface area contributed by atoms with Crippen LogP contribution in [-0.2, 0) is 0 Å². The van der Waals surface area contributed by atoms with Crippen molar-refractivity contribution in [1.29, 1.82) is 0 Å².